The van der Waals surface area contributed by atoms with E-state index in [0.29, 0.717) is 30.7 Å². The lowest BCUT2D eigenvalue weighted by molar-refractivity contribution is 0.408. The second kappa shape index (κ2) is 10.2. The smallest absolute Gasteiger partial charge is 0.224 e. The zero-order valence-corrected chi connectivity index (χ0v) is 17.3. The lowest BCUT2D eigenvalue weighted by Crippen LogP contribution is -2.36. The third-order valence-electron chi connectivity index (χ3n) is 4.42. The maximum atomic E-state index is 13.4. The monoisotopic (exact) mass is 408 g/mol. The van der Waals surface area contributed by atoms with Crippen molar-refractivity contribution in [3.05, 3.63) is 83.3 Å². The third-order valence-corrected chi connectivity index (χ3v) is 4.42. The summed E-state index contributed by atoms with van der Waals surface area (Å²) in [7, 11) is 3.36. The summed E-state index contributed by atoms with van der Waals surface area (Å²) in [5.41, 5.74) is 2.99. The van der Waals surface area contributed by atoms with E-state index in [-0.39, 0.29) is 5.82 Å². The number of pyridine rings is 1. The highest BCUT2D eigenvalue weighted by atomic mass is 19.1. The Morgan fingerprint density at radius 3 is 2.57 bits per heavy atom. The number of nitrogens with one attached hydrogen (secondary N) is 2. The molecule has 0 radical (unpaired) electrons. The molecule has 1 aromatic heterocycles. The van der Waals surface area contributed by atoms with Crippen LogP contribution < -0.4 is 20.1 Å². The summed E-state index contributed by atoms with van der Waals surface area (Å²) in [6, 6.07) is 15.8. The molecule has 7 heteroatoms. The average Bonchev–Trinajstić information content (AvgIpc) is 2.75. The number of aromatic nitrogens is 1. The highest BCUT2D eigenvalue weighted by Gasteiger charge is 2.09. The van der Waals surface area contributed by atoms with Crippen molar-refractivity contribution in [3.63, 3.8) is 0 Å². The van der Waals surface area contributed by atoms with Gasteiger partial charge in [0.2, 0.25) is 5.88 Å². The molecular formula is C23H25FN4O2. The molecule has 0 bridgehead atoms. The lowest BCUT2D eigenvalue weighted by Gasteiger charge is -2.15. The van der Waals surface area contributed by atoms with E-state index in [0.717, 1.165) is 22.4 Å². The van der Waals surface area contributed by atoms with Gasteiger partial charge in [-0.25, -0.2) is 9.37 Å². The number of hydrogen-bond acceptors (Lipinski definition) is 4. The molecule has 0 aliphatic rings. The molecule has 156 valence electrons. The van der Waals surface area contributed by atoms with Gasteiger partial charge in [0, 0.05) is 43.5 Å². The quantitative estimate of drug-likeness (QED) is 0.453. The molecule has 0 saturated heterocycles. The zero-order valence-electron chi connectivity index (χ0n) is 17.3. The predicted molar refractivity (Wildman–Crippen MR) is 115 cm³/mol. The van der Waals surface area contributed by atoms with Gasteiger partial charge >= 0.3 is 0 Å². The highest BCUT2D eigenvalue weighted by molar-refractivity contribution is 5.79. The summed E-state index contributed by atoms with van der Waals surface area (Å²) in [5.74, 6) is 1.89. The van der Waals surface area contributed by atoms with Gasteiger partial charge in [-0.15, -0.1) is 0 Å². The van der Waals surface area contributed by atoms with Gasteiger partial charge in [0.1, 0.15) is 17.3 Å². The van der Waals surface area contributed by atoms with Crippen LogP contribution in [0.25, 0.3) is 0 Å². The van der Waals surface area contributed by atoms with Crippen LogP contribution in [0, 0.1) is 12.7 Å². The van der Waals surface area contributed by atoms with Crippen molar-refractivity contribution in [2.45, 2.75) is 20.0 Å². The van der Waals surface area contributed by atoms with Crippen LogP contribution in [0.3, 0.4) is 0 Å². The molecule has 0 aliphatic carbocycles. The number of aliphatic imine (C=N–C) groups is 1. The zero-order chi connectivity index (χ0) is 21.3. The fourth-order valence-electron chi connectivity index (χ4n) is 2.87. The first kappa shape index (κ1) is 21.1. The number of hydrogen-bond donors (Lipinski definition) is 2. The summed E-state index contributed by atoms with van der Waals surface area (Å²) in [6.45, 7) is 3.02. The minimum Gasteiger partial charge on any atom is -0.496 e. The number of aryl methyl sites for hydroxylation is 1. The molecule has 0 spiro atoms. The van der Waals surface area contributed by atoms with E-state index >= 15 is 0 Å². The third kappa shape index (κ3) is 5.70. The second-order valence-corrected chi connectivity index (χ2v) is 6.62. The Morgan fingerprint density at radius 1 is 1.03 bits per heavy atom. The molecule has 2 N–H and O–H groups in total. The van der Waals surface area contributed by atoms with Crippen molar-refractivity contribution in [3.8, 4) is 17.4 Å². The van der Waals surface area contributed by atoms with Crippen LogP contribution in [0.5, 0.6) is 17.4 Å². The topological polar surface area (TPSA) is 67.8 Å². The molecule has 6 nitrogen and oxygen atoms in total. The molecule has 0 fully saturated rings. The Labute approximate surface area is 175 Å². The number of guanidine groups is 1. The Morgan fingerprint density at radius 2 is 1.83 bits per heavy atom. The van der Waals surface area contributed by atoms with Crippen LogP contribution in [-0.4, -0.2) is 25.1 Å². The molecule has 0 aliphatic heterocycles. The number of nitrogens with zero attached hydrogens (tertiary/aromatic N) is 2. The van der Waals surface area contributed by atoms with E-state index < -0.39 is 0 Å². The molecule has 3 aromatic rings. The van der Waals surface area contributed by atoms with Crippen molar-refractivity contribution in [1.29, 1.82) is 0 Å². The maximum Gasteiger partial charge on any atom is 0.224 e. The van der Waals surface area contributed by atoms with Crippen LogP contribution >= 0.6 is 0 Å². The first-order chi connectivity index (χ1) is 14.6. The standard InChI is InChI=1S/C23H25FN4O2/c1-16-9-10-17(21(12-16)29-3)14-27-23(25-2)28-15-18-6-5-11-26-22(18)30-20-8-4-7-19(24)13-20/h4-13H,14-15H2,1-3H3,(H2,25,27,28). The van der Waals surface area contributed by atoms with Gasteiger partial charge in [-0.3, -0.25) is 4.99 Å². The van der Waals surface area contributed by atoms with Crippen molar-refractivity contribution in [1.82, 2.24) is 15.6 Å². The van der Waals surface area contributed by atoms with E-state index in [1.54, 1.807) is 32.5 Å². The van der Waals surface area contributed by atoms with E-state index in [1.165, 1.54) is 12.1 Å². The predicted octanol–water partition coefficient (Wildman–Crippen LogP) is 4.20. The van der Waals surface area contributed by atoms with Crippen LogP contribution in [0.1, 0.15) is 16.7 Å². The van der Waals surface area contributed by atoms with Gasteiger partial charge in [-0.2, -0.15) is 0 Å². The second-order valence-electron chi connectivity index (χ2n) is 6.62. The number of halogens is 1. The minimum atomic E-state index is -0.362. The van der Waals surface area contributed by atoms with Gasteiger partial charge in [-0.1, -0.05) is 24.3 Å². The first-order valence-electron chi connectivity index (χ1n) is 9.54. The number of methoxy groups -OCH3 is 1. The average molecular weight is 408 g/mol. The number of rotatable bonds is 7. The van der Waals surface area contributed by atoms with E-state index in [2.05, 4.69) is 20.6 Å². The van der Waals surface area contributed by atoms with Gasteiger partial charge in [0.15, 0.2) is 5.96 Å². The van der Waals surface area contributed by atoms with Crippen molar-refractivity contribution >= 4 is 5.96 Å². The van der Waals surface area contributed by atoms with Crippen LogP contribution in [0.15, 0.2) is 65.8 Å². The van der Waals surface area contributed by atoms with Crippen molar-refractivity contribution in [2.24, 2.45) is 4.99 Å². The summed E-state index contributed by atoms with van der Waals surface area (Å²) >= 11 is 0. The first-order valence-corrected chi connectivity index (χ1v) is 9.54. The normalized spacial score (nSPS) is 11.1. The molecule has 1 heterocycles. The fraction of sp³-hybridized carbons (Fsp3) is 0.217. The number of benzene rings is 2. The Kier molecular flexibility index (Phi) is 7.21. The largest absolute Gasteiger partial charge is 0.496 e. The summed E-state index contributed by atoms with van der Waals surface area (Å²) in [5, 5.41) is 6.52. The van der Waals surface area contributed by atoms with Crippen molar-refractivity contribution < 1.29 is 13.9 Å². The van der Waals surface area contributed by atoms with Gasteiger partial charge < -0.3 is 20.1 Å². The fourth-order valence-corrected chi connectivity index (χ4v) is 2.87. The Bertz CT molecular complexity index is 1020. The molecule has 2 aromatic carbocycles. The molecule has 0 saturated carbocycles. The number of ether oxygens (including phenoxy) is 2. The molecular weight excluding hydrogens is 383 g/mol. The van der Waals surface area contributed by atoms with Crippen LogP contribution in [0.4, 0.5) is 4.39 Å². The highest BCUT2D eigenvalue weighted by Crippen LogP contribution is 2.23. The summed E-state index contributed by atoms with van der Waals surface area (Å²) in [6.07, 6.45) is 1.63. The molecule has 0 atom stereocenters. The van der Waals surface area contributed by atoms with Gasteiger partial charge in [0.25, 0.3) is 0 Å². The van der Waals surface area contributed by atoms with Gasteiger partial charge in [-0.05, 0) is 36.8 Å². The van der Waals surface area contributed by atoms with Crippen LogP contribution in [-0.2, 0) is 13.1 Å². The maximum absolute atomic E-state index is 13.4. The molecule has 3 rings (SSSR count). The van der Waals surface area contributed by atoms with E-state index in [1.807, 2.05) is 37.3 Å². The minimum absolute atomic E-state index is 0.362. The van der Waals surface area contributed by atoms with Crippen LogP contribution in [0.2, 0.25) is 0 Å². The van der Waals surface area contributed by atoms with E-state index in [9.17, 15) is 4.39 Å². The Balaban J connectivity index is 1.63. The lowest BCUT2D eigenvalue weighted by atomic mass is 10.1. The molecule has 0 unspecified atom stereocenters. The molecule has 0 amide bonds. The summed E-state index contributed by atoms with van der Waals surface area (Å²) < 4.78 is 24.6. The van der Waals surface area contributed by atoms with E-state index in [4.69, 9.17) is 9.47 Å². The molecule has 30 heavy (non-hydrogen) atoms. The van der Waals surface area contributed by atoms with Crippen molar-refractivity contribution in [2.75, 3.05) is 14.2 Å². The van der Waals surface area contributed by atoms with Gasteiger partial charge in [0.05, 0.1) is 7.11 Å². The summed E-state index contributed by atoms with van der Waals surface area (Å²) in [4.78, 5) is 8.53. The SMILES string of the molecule is CN=C(NCc1ccc(C)cc1OC)NCc1cccnc1Oc1cccc(F)c1. The Hall–Kier alpha value is -3.61.